The monoisotopic (exact) mass is 404 g/mol. The maximum atomic E-state index is 12.0. The molecule has 1 unspecified atom stereocenters. The van der Waals surface area contributed by atoms with Gasteiger partial charge in [0.2, 0.25) is 0 Å². The fraction of sp³-hybridized carbons (Fsp3) is 0.533. The molecule has 0 aromatic heterocycles. The minimum atomic E-state index is -4.80. The Labute approximate surface area is 155 Å². The second-order valence-electron chi connectivity index (χ2n) is 5.67. The van der Waals surface area contributed by atoms with Crippen LogP contribution in [0.2, 0.25) is 0 Å². The van der Waals surface area contributed by atoms with E-state index in [1.54, 1.807) is 0 Å². The van der Waals surface area contributed by atoms with Crippen LogP contribution >= 0.6 is 0 Å². The van der Waals surface area contributed by atoms with Crippen molar-refractivity contribution < 1.29 is 41.8 Å². The minimum absolute atomic E-state index is 0.0298. The molecule has 0 spiro atoms. The predicted molar refractivity (Wildman–Crippen MR) is 89.2 cm³/mol. The number of hydroxylamine groups is 2. The van der Waals surface area contributed by atoms with E-state index in [4.69, 9.17) is 0 Å². The maximum absolute atomic E-state index is 12.0. The predicted octanol–water partition coefficient (Wildman–Crippen LogP) is -0.766. The van der Waals surface area contributed by atoms with E-state index in [-0.39, 0.29) is 38.6 Å². The van der Waals surface area contributed by atoms with Gasteiger partial charge in [-0.25, -0.2) is 4.79 Å². The van der Waals surface area contributed by atoms with Gasteiger partial charge in [0.15, 0.2) is 5.25 Å². The summed E-state index contributed by atoms with van der Waals surface area (Å²) < 4.78 is 32.1. The Balaban J connectivity index is 2.56. The van der Waals surface area contributed by atoms with Crippen LogP contribution in [0.1, 0.15) is 32.1 Å². The van der Waals surface area contributed by atoms with Gasteiger partial charge in [0.25, 0.3) is 27.8 Å². The van der Waals surface area contributed by atoms with Crippen LogP contribution in [0.3, 0.4) is 0 Å². The number of nitrogens with zero attached hydrogens (tertiary/aromatic N) is 2. The van der Waals surface area contributed by atoms with Gasteiger partial charge in [0.1, 0.15) is 6.29 Å². The fourth-order valence-corrected chi connectivity index (χ4v) is 2.97. The fourth-order valence-electron chi connectivity index (χ4n) is 2.22. The number of rotatable bonds is 10. The third kappa shape index (κ3) is 6.90. The van der Waals surface area contributed by atoms with Crippen molar-refractivity contribution >= 4 is 40.1 Å². The highest BCUT2D eigenvalue weighted by molar-refractivity contribution is 7.87. The van der Waals surface area contributed by atoms with Crippen LogP contribution in [0, 0.1) is 0 Å². The molecule has 0 saturated carbocycles. The molecule has 0 aliphatic carbocycles. The number of hydrogen-bond donors (Lipinski definition) is 1. The van der Waals surface area contributed by atoms with Crippen molar-refractivity contribution in [1.82, 2.24) is 9.96 Å². The Hall–Kier alpha value is -2.60. The minimum Gasteiger partial charge on any atom is -0.337 e. The molecule has 1 aliphatic heterocycles. The Bertz CT molecular complexity index is 726. The topological polar surface area (TPSA) is 155 Å². The van der Waals surface area contributed by atoms with E-state index in [2.05, 4.69) is 4.84 Å². The van der Waals surface area contributed by atoms with Crippen molar-refractivity contribution in [2.24, 2.45) is 0 Å². The van der Waals surface area contributed by atoms with E-state index in [1.807, 2.05) is 0 Å². The largest absolute Gasteiger partial charge is 0.353 e. The lowest BCUT2D eigenvalue weighted by atomic mass is 10.2. The van der Waals surface area contributed by atoms with Crippen molar-refractivity contribution in [3.63, 3.8) is 0 Å². The smallest absolute Gasteiger partial charge is 0.337 e. The molecule has 3 amide bonds. The molecular formula is C15H20N2O9S. The highest BCUT2D eigenvalue weighted by Crippen LogP contribution is 2.14. The van der Waals surface area contributed by atoms with Gasteiger partial charge in [0.05, 0.1) is 0 Å². The van der Waals surface area contributed by atoms with Gasteiger partial charge in [0, 0.05) is 38.6 Å². The van der Waals surface area contributed by atoms with Crippen molar-refractivity contribution in [2.45, 2.75) is 37.4 Å². The molecule has 27 heavy (non-hydrogen) atoms. The van der Waals surface area contributed by atoms with E-state index in [0.717, 1.165) is 24.1 Å². The van der Waals surface area contributed by atoms with Gasteiger partial charge >= 0.3 is 5.97 Å². The lowest BCUT2D eigenvalue weighted by Crippen LogP contribution is -2.38. The van der Waals surface area contributed by atoms with E-state index < -0.39 is 39.1 Å². The number of unbranched alkanes of at least 4 members (excludes halogenated alkanes) is 1. The molecule has 0 fully saturated rings. The summed E-state index contributed by atoms with van der Waals surface area (Å²) in [6, 6.07) is 0. The SMILES string of the molecule is CN(OC(=O)C(CCCCN1C(=O)C=CC1=O)S(=O)(=O)O)C(=O)CCC=O. The molecule has 1 atom stereocenters. The van der Waals surface area contributed by atoms with E-state index in [1.165, 1.54) is 0 Å². The van der Waals surface area contributed by atoms with Crippen LogP contribution in [-0.2, 0) is 38.9 Å². The zero-order chi connectivity index (χ0) is 20.6. The molecular weight excluding hydrogens is 384 g/mol. The highest BCUT2D eigenvalue weighted by Gasteiger charge is 2.34. The second kappa shape index (κ2) is 9.92. The van der Waals surface area contributed by atoms with E-state index in [9.17, 15) is 36.9 Å². The summed E-state index contributed by atoms with van der Waals surface area (Å²) in [5, 5.41) is -1.43. The van der Waals surface area contributed by atoms with Gasteiger partial charge in [-0.15, -0.1) is 0 Å². The van der Waals surface area contributed by atoms with Crippen LogP contribution < -0.4 is 0 Å². The molecule has 0 aromatic rings. The molecule has 1 aliphatic rings. The number of amides is 3. The normalized spacial score (nSPS) is 15.0. The van der Waals surface area contributed by atoms with Gasteiger partial charge in [-0.05, 0) is 19.3 Å². The van der Waals surface area contributed by atoms with Crippen LogP contribution in [-0.4, -0.2) is 71.8 Å². The summed E-state index contributed by atoms with van der Waals surface area (Å²) in [7, 11) is -3.73. The number of carbonyl (C=O) groups is 5. The number of carbonyl (C=O) groups excluding carboxylic acids is 5. The number of hydrogen-bond acceptors (Lipinski definition) is 8. The number of imide groups is 1. The average molecular weight is 404 g/mol. The Morgan fingerprint density at radius 2 is 1.85 bits per heavy atom. The van der Waals surface area contributed by atoms with Crippen molar-refractivity contribution in [1.29, 1.82) is 0 Å². The average Bonchev–Trinajstić information content (AvgIpc) is 2.89. The molecule has 11 nitrogen and oxygen atoms in total. The molecule has 0 bridgehead atoms. The summed E-state index contributed by atoms with van der Waals surface area (Å²) in [6.07, 6.45) is 2.35. The van der Waals surface area contributed by atoms with Crippen LogP contribution in [0.15, 0.2) is 12.2 Å². The summed E-state index contributed by atoms with van der Waals surface area (Å²) in [5.41, 5.74) is 0. The molecule has 12 heteroatoms. The first-order valence-electron chi connectivity index (χ1n) is 7.99. The Morgan fingerprint density at radius 1 is 1.26 bits per heavy atom. The van der Waals surface area contributed by atoms with E-state index >= 15 is 0 Å². The first-order chi connectivity index (χ1) is 12.6. The first-order valence-corrected chi connectivity index (χ1v) is 9.50. The molecule has 0 radical (unpaired) electrons. The summed E-state index contributed by atoms with van der Waals surface area (Å²) in [5.74, 6) is -3.04. The zero-order valence-corrected chi connectivity index (χ0v) is 15.4. The van der Waals surface area contributed by atoms with Crippen molar-refractivity contribution in [3.05, 3.63) is 12.2 Å². The zero-order valence-electron chi connectivity index (χ0n) is 14.6. The third-order valence-electron chi connectivity index (χ3n) is 3.68. The van der Waals surface area contributed by atoms with Gasteiger partial charge in [-0.1, -0.05) is 0 Å². The standard InChI is InChI=1S/C15H20N2O9S/c1-16(12(19)6-4-10-18)26-15(22)11(27(23,24)25)5-2-3-9-17-13(20)7-8-14(17)21/h7-8,10-11H,2-6,9H2,1H3,(H,23,24,25). The Morgan fingerprint density at radius 3 is 2.37 bits per heavy atom. The molecule has 0 saturated heterocycles. The molecule has 1 heterocycles. The molecule has 1 rings (SSSR count). The van der Waals surface area contributed by atoms with Crippen molar-refractivity contribution in [2.75, 3.05) is 13.6 Å². The van der Waals surface area contributed by atoms with Crippen LogP contribution in [0.25, 0.3) is 0 Å². The van der Waals surface area contributed by atoms with Gasteiger partial charge in [-0.2, -0.15) is 13.5 Å². The lowest BCUT2D eigenvalue weighted by Gasteiger charge is -2.19. The third-order valence-corrected chi connectivity index (χ3v) is 4.82. The summed E-state index contributed by atoms with van der Waals surface area (Å²) >= 11 is 0. The Kier molecular flexibility index (Phi) is 8.25. The van der Waals surface area contributed by atoms with Crippen LogP contribution in [0.4, 0.5) is 0 Å². The second-order valence-corrected chi connectivity index (χ2v) is 7.27. The van der Waals surface area contributed by atoms with Gasteiger partial charge in [-0.3, -0.25) is 23.8 Å². The number of aldehydes is 1. The van der Waals surface area contributed by atoms with E-state index in [0.29, 0.717) is 11.3 Å². The molecule has 150 valence electrons. The quantitative estimate of drug-likeness (QED) is 0.162. The first kappa shape index (κ1) is 22.4. The maximum Gasteiger partial charge on any atom is 0.353 e. The molecule has 1 N–H and O–H groups in total. The molecule has 0 aromatic carbocycles. The summed E-state index contributed by atoms with van der Waals surface area (Å²) in [4.78, 5) is 62.2. The lowest BCUT2D eigenvalue weighted by molar-refractivity contribution is -0.192. The van der Waals surface area contributed by atoms with Gasteiger partial charge < -0.3 is 9.63 Å². The summed E-state index contributed by atoms with van der Waals surface area (Å²) in [6.45, 7) is 0.0298. The van der Waals surface area contributed by atoms with Crippen LogP contribution in [0.5, 0.6) is 0 Å². The van der Waals surface area contributed by atoms with Crippen molar-refractivity contribution in [3.8, 4) is 0 Å². The highest BCUT2D eigenvalue weighted by atomic mass is 32.2.